The summed E-state index contributed by atoms with van der Waals surface area (Å²) in [6.07, 6.45) is 2.10. The summed E-state index contributed by atoms with van der Waals surface area (Å²) in [5.41, 5.74) is 3.06. The second kappa shape index (κ2) is 8.78. The Labute approximate surface area is 169 Å². The third-order valence-corrected chi connectivity index (χ3v) is 5.26. The fraction of sp³-hybridized carbons (Fsp3) is 0.381. The maximum absolute atomic E-state index is 14.6. The van der Waals surface area contributed by atoms with Crippen molar-refractivity contribution in [1.29, 1.82) is 5.26 Å². The van der Waals surface area contributed by atoms with Crippen molar-refractivity contribution in [2.75, 3.05) is 10.6 Å². The zero-order chi connectivity index (χ0) is 21.0. The Balaban J connectivity index is 1.87. The van der Waals surface area contributed by atoms with Crippen molar-refractivity contribution >= 4 is 23.4 Å². The number of rotatable bonds is 5. The maximum Gasteiger partial charge on any atom is 0.404 e. The van der Waals surface area contributed by atoms with Gasteiger partial charge in [0.25, 0.3) is 0 Å². The van der Waals surface area contributed by atoms with Gasteiger partial charge in [-0.05, 0) is 56.0 Å². The Morgan fingerprint density at radius 3 is 2.55 bits per heavy atom. The van der Waals surface area contributed by atoms with E-state index in [0.717, 1.165) is 35.7 Å². The van der Waals surface area contributed by atoms with Crippen LogP contribution in [0.15, 0.2) is 24.3 Å². The Hall–Kier alpha value is -3.34. The number of hydrogen-bond acceptors (Lipinski definition) is 5. The monoisotopic (exact) mass is 397 g/mol. The zero-order valence-corrected chi connectivity index (χ0v) is 16.4. The number of anilines is 3. The molecule has 1 aromatic carbocycles. The number of hydrogen-bond donors (Lipinski definition) is 4. The number of nitrogens with zero attached hydrogens (tertiary/aromatic N) is 2. The van der Waals surface area contributed by atoms with Crippen molar-refractivity contribution in [3.05, 3.63) is 46.8 Å². The van der Waals surface area contributed by atoms with Crippen LogP contribution in [0.25, 0.3) is 0 Å². The Morgan fingerprint density at radius 2 is 1.90 bits per heavy atom. The summed E-state index contributed by atoms with van der Waals surface area (Å²) in [5, 5.41) is 27.1. The molecule has 0 unspecified atom stereocenters. The van der Waals surface area contributed by atoms with E-state index < -0.39 is 11.9 Å². The first kappa shape index (κ1) is 20.4. The van der Waals surface area contributed by atoms with Gasteiger partial charge in [0.2, 0.25) is 0 Å². The summed E-state index contributed by atoms with van der Waals surface area (Å²) in [6, 6.07) is 8.27. The molecule has 152 valence electrons. The van der Waals surface area contributed by atoms with E-state index in [-0.39, 0.29) is 29.3 Å². The molecule has 0 aliphatic heterocycles. The normalized spacial score (nSPS) is 18.6. The minimum absolute atomic E-state index is 0.000535. The minimum Gasteiger partial charge on any atom is -0.465 e. The van der Waals surface area contributed by atoms with Crippen molar-refractivity contribution in [2.24, 2.45) is 0 Å². The molecule has 1 heterocycles. The molecule has 1 saturated carbocycles. The molecule has 0 radical (unpaired) electrons. The van der Waals surface area contributed by atoms with Crippen LogP contribution in [-0.4, -0.2) is 28.3 Å². The summed E-state index contributed by atoms with van der Waals surface area (Å²) >= 11 is 0. The number of nitriles is 1. The first-order valence-electron chi connectivity index (χ1n) is 9.58. The van der Waals surface area contributed by atoms with Gasteiger partial charge in [-0.2, -0.15) is 5.26 Å². The Morgan fingerprint density at radius 1 is 1.17 bits per heavy atom. The average molecular weight is 397 g/mol. The summed E-state index contributed by atoms with van der Waals surface area (Å²) < 4.78 is 14.6. The number of pyridine rings is 1. The fourth-order valence-electron chi connectivity index (χ4n) is 3.54. The SMILES string of the molecule is Cc1ccc(Nc2nc(N[C@@H]3CCCC[C@@H]3NC(=O)O)c(F)cc2C#N)cc1C. The highest BCUT2D eigenvalue weighted by Crippen LogP contribution is 2.27. The first-order chi connectivity index (χ1) is 13.9. The zero-order valence-electron chi connectivity index (χ0n) is 16.4. The van der Waals surface area contributed by atoms with Crippen molar-refractivity contribution < 1.29 is 14.3 Å². The molecule has 1 aliphatic carbocycles. The number of carbonyl (C=O) groups is 1. The smallest absolute Gasteiger partial charge is 0.404 e. The predicted molar refractivity (Wildman–Crippen MR) is 109 cm³/mol. The number of carboxylic acid groups (broad SMARTS) is 1. The van der Waals surface area contributed by atoms with Gasteiger partial charge in [0.1, 0.15) is 6.07 Å². The van der Waals surface area contributed by atoms with E-state index in [9.17, 15) is 14.4 Å². The first-order valence-corrected chi connectivity index (χ1v) is 9.58. The lowest BCUT2D eigenvalue weighted by Crippen LogP contribution is -2.48. The van der Waals surface area contributed by atoms with Crippen molar-refractivity contribution in [1.82, 2.24) is 10.3 Å². The molecule has 0 bridgehead atoms. The van der Waals surface area contributed by atoms with E-state index in [4.69, 9.17) is 5.11 Å². The topological polar surface area (TPSA) is 110 Å². The molecule has 4 N–H and O–H groups in total. The van der Waals surface area contributed by atoms with Crippen LogP contribution in [0.5, 0.6) is 0 Å². The van der Waals surface area contributed by atoms with E-state index in [1.807, 2.05) is 38.1 Å². The highest BCUT2D eigenvalue weighted by atomic mass is 19.1. The van der Waals surface area contributed by atoms with Crippen LogP contribution in [0.2, 0.25) is 0 Å². The number of aryl methyl sites for hydroxylation is 2. The third kappa shape index (κ3) is 4.93. The molecule has 2 aromatic rings. The second-order valence-electron chi connectivity index (χ2n) is 7.34. The van der Waals surface area contributed by atoms with Crippen LogP contribution in [-0.2, 0) is 0 Å². The molecular formula is C21H24FN5O2. The van der Waals surface area contributed by atoms with Gasteiger partial charge in [-0.1, -0.05) is 18.9 Å². The number of benzene rings is 1. The molecule has 8 heteroatoms. The molecule has 2 atom stereocenters. The number of halogens is 1. The standard InChI is InChI=1S/C21H24FN5O2/c1-12-7-8-15(9-13(12)2)24-19-14(11-23)10-16(22)20(27-19)25-17-5-3-4-6-18(17)26-21(28)29/h7-10,17-18,26H,3-6H2,1-2H3,(H,28,29)(H2,24,25,27)/t17-,18+/m1/s1. The van der Waals surface area contributed by atoms with Gasteiger partial charge in [0.15, 0.2) is 17.5 Å². The van der Waals surface area contributed by atoms with Gasteiger partial charge in [-0.3, -0.25) is 0 Å². The van der Waals surface area contributed by atoms with E-state index >= 15 is 0 Å². The van der Waals surface area contributed by atoms with Crippen LogP contribution >= 0.6 is 0 Å². The highest BCUT2D eigenvalue weighted by Gasteiger charge is 2.28. The molecule has 1 aromatic heterocycles. The van der Waals surface area contributed by atoms with Gasteiger partial charge >= 0.3 is 6.09 Å². The average Bonchev–Trinajstić information content (AvgIpc) is 2.68. The molecule has 7 nitrogen and oxygen atoms in total. The molecule has 1 amide bonds. The summed E-state index contributed by atoms with van der Waals surface area (Å²) in [6.45, 7) is 3.99. The summed E-state index contributed by atoms with van der Waals surface area (Å²) in [7, 11) is 0. The van der Waals surface area contributed by atoms with Crippen LogP contribution < -0.4 is 16.0 Å². The van der Waals surface area contributed by atoms with Crippen molar-refractivity contribution in [3.63, 3.8) is 0 Å². The Kier molecular flexibility index (Phi) is 6.17. The minimum atomic E-state index is -1.10. The highest BCUT2D eigenvalue weighted by molar-refractivity contribution is 5.67. The van der Waals surface area contributed by atoms with Gasteiger partial charge in [0.05, 0.1) is 11.6 Å². The number of aromatic nitrogens is 1. The summed E-state index contributed by atoms with van der Waals surface area (Å²) in [4.78, 5) is 15.4. The van der Waals surface area contributed by atoms with E-state index in [1.165, 1.54) is 0 Å². The molecule has 0 saturated heterocycles. The van der Waals surface area contributed by atoms with Crippen molar-refractivity contribution in [3.8, 4) is 6.07 Å². The maximum atomic E-state index is 14.6. The Bertz CT molecular complexity index is 957. The summed E-state index contributed by atoms with van der Waals surface area (Å²) in [5.74, 6) is -0.399. The van der Waals surface area contributed by atoms with Crippen LogP contribution in [0.1, 0.15) is 42.4 Å². The van der Waals surface area contributed by atoms with E-state index in [2.05, 4.69) is 20.9 Å². The molecule has 29 heavy (non-hydrogen) atoms. The molecule has 1 fully saturated rings. The predicted octanol–water partition coefficient (Wildman–Crippen LogP) is 4.44. The van der Waals surface area contributed by atoms with Crippen LogP contribution in [0.3, 0.4) is 0 Å². The lowest BCUT2D eigenvalue weighted by molar-refractivity contribution is 0.184. The van der Waals surface area contributed by atoms with Crippen LogP contribution in [0, 0.1) is 31.0 Å². The fourth-order valence-corrected chi connectivity index (χ4v) is 3.54. The van der Waals surface area contributed by atoms with Gasteiger partial charge < -0.3 is 21.1 Å². The quantitative estimate of drug-likeness (QED) is 0.594. The number of nitrogens with one attached hydrogen (secondary N) is 3. The lowest BCUT2D eigenvalue weighted by Gasteiger charge is -2.32. The van der Waals surface area contributed by atoms with Gasteiger partial charge in [0, 0.05) is 11.7 Å². The molecule has 1 aliphatic rings. The molecule has 0 spiro atoms. The van der Waals surface area contributed by atoms with Gasteiger partial charge in [-0.15, -0.1) is 0 Å². The van der Waals surface area contributed by atoms with E-state index in [0.29, 0.717) is 12.8 Å². The van der Waals surface area contributed by atoms with E-state index in [1.54, 1.807) is 0 Å². The van der Waals surface area contributed by atoms with Crippen LogP contribution in [0.4, 0.5) is 26.5 Å². The van der Waals surface area contributed by atoms with Gasteiger partial charge in [-0.25, -0.2) is 14.2 Å². The second-order valence-corrected chi connectivity index (χ2v) is 7.34. The lowest BCUT2D eigenvalue weighted by atomic mass is 9.90. The number of amides is 1. The van der Waals surface area contributed by atoms with Crippen molar-refractivity contribution in [2.45, 2.75) is 51.6 Å². The molecule has 3 rings (SSSR count). The molecular weight excluding hydrogens is 373 g/mol. The third-order valence-electron chi connectivity index (χ3n) is 5.26. The largest absolute Gasteiger partial charge is 0.465 e.